The molecule has 0 aliphatic carbocycles. The molecule has 142 valence electrons. The number of non-ortho nitro benzene ring substituents is 1. The number of nitrogens with zero attached hydrogens (tertiary/aromatic N) is 6. The second kappa shape index (κ2) is 7.14. The number of aromatic nitrogens is 2. The normalized spacial score (nSPS) is 15.0. The van der Waals surface area contributed by atoms with Crippen molar-refractivity contribution in [1.82, 2.24) is 14.9 Å². The van der Waals surface area contributed by atoms with Crippen LogP contribution >= 0.6 is 11.3 Å². The smallest absolute Gasteiger partial charge is 0.269 e. The fourth-order valence-electron chi connectivity index (χ4n) is 3.33. The zero-order valence-electron chi connectivity index (χ0n) is 15.5. The number of likely N-dealkylation sites (N-methyl/N-ethyl adjacent to an activating group) is 1. The predicted molar refractivity (Wildman–Crippen MR) is 109 cm³/mol. The van der Waals surface area contributed by atoms with E-state index in [2.05, 4.69) is 27.9 Å². The van der Waals surface area contributed by atoms with Crippen molar-refractivity contribution in [1.29, 1.82) is 5.26 Å². The lowest BCUT2D eigenvalue weighted by atomic mass is 10.1. The highest BCUT2D eigenvalue weighted by Gasteiger charge is 2.23. The molecular weight excluding hydrogens is 376 g/mol. The molecule has 8 nitrogen and oxygen atoms in total. The highest BCUT2D eigenvalue weighted by molar-refractivity contribution is 7.19. The van der Waals surface area contributed by atoms with Gasteiger partial charge in [0.05, 0.1) is 10.3 Å². The van der Waals surface area contributed by atoms with E-state index in [1.165, 1.54) is 23.5 Å². The molecule has 0 radical (unpaired) electrons. The van der Waals surface area contributed by atoms with E-state index in [0.29, 0.717) is 16.3 Å². The number of nitriles is 1. The minimum atomic E-state index is -0.425. The molecule has 0 N–H and O–H groups in total. The third kappa shape index (κ3) is 3.17. The van der Waals surface area contributed by atoms with Crippen LogP contribution in [0.3, 0.4) is 0 Å². The second-order valence-electron chi connectivity index (χ2n) is 6.81. The van der Waals surface area contributed by atoms with E-state index in [4.69, 9.17) is 4.98 Å². The number of nitro groups is 1. The maximum Gasteiger partial charge on any atom is 0.269 e. The van der Waals surface area contributed by atoms with Crippen molar-refractivity contribution in [3.8, 4) is 17.5 Å². The Labute approximate surface area is 165 Å². The van der Waals surface area contributed by atoms with Gasteiger partial charge in [-0.15, -0.1) is 11.3 Å². The van der Waals surface area contributed by atoms with Gasteiger partial charge in [-0.3, -0.25) is 10.1 Å². The van der Waals surface area contributed by atoms with E-state index in [1.54, 1.807) is 12.1 Å². The quantitative estimate of drug-likeness (QED) is 0.497. The third-order valence-electron chi connectivity index (χ3n) is 5.01. The first kappa shape index (κ1) is 18.3. The standard InChI is InChI=1S/C19H18N6O2S/c1-12-15(11-20)28-19-16(12)18(24-9-7-23(2)8-10-24)21-17(22-19)13-3-5-14(6-4-13)25(26)27/h3-6H,7-10H2,1-2H3. The van der Waals surface area contributed by atoms with Gasteiger partial charge in [-0.2, -0.15) is 5.26 Å². The van der Waals surface area contributed by atoms with E-state index in [1.807, 2.05) is 6.92 Å². The summed E-state index contributed by atoms with van der Waals surface area (Å²) in [6, 6.07) is 8.50. The van der Waals surface area contributed by atoms with Crippen molar-refractivity contribution in [2.75, 3.05) is 38.1 Å². The molecule has 0 atom stereocenters. The van der Waals surface area contributed by atoms with Crippen LogP contribution in [0.25, 0.3) is 21.6 Å². The van der Waals surface area contributed by atoms with Crippen molar-refractivity contribution in [2.24, 2.45) is 0 Å². The van der Waals surface area contributed by atoms with Gasteiger partial charge >= 0.3 is 0 Å². The molecule has 28 heavy (non-hydrogen) atoms. The van der Waals surface area contributed by atoms with Crippen LogP contribution in [0.1, 0.15) is 10.4 Å². The van der Waals surface area contributed by atoms with Crippen molar-refractivity contribution >= 4 is 33.1 Å². The Hall–Kier alpha value is -3.09. The lowest BCUT2D eigenvalue weighted by molar-refractivity contribution is -0.384. The molecule has 0 spiro atoms. The van der Waals surface area contributed by atoms with Gasteiger partial charge in [0.25, 0.3) is 5.69 Å². The minimum Gasteiger partial charge on any atom is -0.353 e. The molecule has 0 unspecified atom stereocenters. The van der Waals surface area contributed by atoms with Crippen molar-refractivity contribution in [2.45, 2.75) is 6.92 Å². The van der Waals surface area contributed by atoms with Gasteiger partial charge in [0.15, 0.2) is 5.82 Å². The first-order valence-corrected chi connectivity index (χ1v) is 9.69. The van der Waals surface area contributed by atoms with Crippen LogP contribution in [0.2, 0.25) is 0 Å². The molecule has 0 amide bonds. The maximum absolute atomic E-state index is 10.9. The Bertz CT molecular complexity index is 1090. The summed E-state index contributed by atoms with van der Waals surface area (Å²) in [5.41, 5.74) is 1.65. The summed E-state index contributed by atoms with van der Waals surface area (Å²) in [6.07, 6.45) is 0. The monoisotopic (exact) mass is 394 g/mol. The molecule has 3 aromatic rings. The molecule has 9 heteroatoms. The summed E-state index contributed by atoms with van der Waals surface area (Å²) in [5, 5.41) is 21.3. The first-order valence-electron chi connectivity index (χ1n) is 8.87. The molecule has 1 saturated heterocycles. The maximum atomic E-state index is 10.9. The topological polar surface area (TPSA) is 99.2 Å². The number of hydrogen-bond acceptors (Lipinski definition) is 8. The molecule has 1 aromatic carbocycles. The lowest BCUT2D eigenvalue weighted by Crippen LogP contribution is -2.45. The Balaban J connectivity index is 1.86. The van der Waals surface area contributed by atoms with Gasteiger partial charge in [-0.05, 0) is 31.7 Å². The Morgan fingerprint density at radius 3 is 2.46 bits per heavy atom. The summed E-state index contributed by atoms with van der Waals surface area (Å²) in [4.78, 5) is 25.9. The van der Waals surface area contributed by atoms with Crippen LogP contribution in [0.5, 0.6) is 0 Å². The molecule has 1 aliphatic rings. The fourth-order valence-corrected chi connectivity index (χ4v) is 4.31. The van der Waals surface area contributed by atoms with Crippen molar-refractivity contribution < 1.29 is 4.92 Å². The van der Waals surface area contributed by atoms with Gasteiger partial charge < -0.3 is 9.80 Å². The number of hydrogen-bond donors (Lipinski definition) is 0. The molecule has 0 saturated carbocycles. The molecule has 0 bridgehead atoms. The molecule has 1 fully saturated rings. The summed E-state index contributed by atoms with van der Waals surface area (Å²) >= 11 is 1.36. The summed E-state index contributed by atoms with van der Waals surface area (Å²) in [6.45, 7) is 5.50. The number of aryl methyl sites for hydroxylation is 1. The number of thiophene rings is 1. The minimum absolute atomic E-state index is 0.0304. The molecule has 1 aliphatic heterocycles. The number of rotatable bonds is 3. The van der Waals surface area contributed by atoms with Crippen molar-refractivity contribution in [3.05, 3.63) is 44.8 Å². The predicted octanol–water partition coefficient (Wildman–Crippen LogP) is 3.20. The van der Waals surface area contributed by atoms with Gasteiger partial charge in [0, 0.05) is 43.9 Å². The zero-order valence-corrected chi connectivity index (χ0v) is 16.4. The largest absolute Gasteiger partial charge is 0.353 e. The van der Waals surface area contributed by atoms with Crippen LogP contribution < -0.4 is 4.90 Å². The van der Waals surface area contributed by atoms with Crippen LogP contribution in [0.4, 0.5) is 11.5 Å². The van der Waals surface area contributed by atoms with E-state index in [9.17, 15) is 15.4 Å². The van der Waals surface area contributed by atoms with Gasteiger partial charge in [-0.25, -0.2) is 9.97 Å². The van der Waals surface area contributed by atoms with Gasteiger partial charge in [-0.1, -0.05) is 0 Å². The summed E-state index contributed by atoms with van der Waals surface area (Å²) in [7, 11) is 2.10. The Morgan fingerprint density at radius 2 is 1.86 bits per heavy atom. The fraction of sp³-hybridized carbons (Fsp3) is 0.316. The van der Waals surface area contributed by atoms with Crippen LogP contribution in [-0.4, -0.2) is 53.0 Å². The molecular formula is C19H18N6O2S. The highest BCUT2D eigenvalue weighted by atomic mass is 32.1. The first-order chi connectivity index (χ1) is 13.5. The number of nitro benzene ring substituents is 1. The lowest BCUT2D eigenvalue weighted by Gasteiger charge is -2.33. The SMILES string of the molecule is Cc1c(C#N)sc2nc(-c3ccc([N+](=O)[O-])cc3)nc(N3CCN(C)CC3)c12. The average Bonchev–Trinajstić information content (AvgIpc) is 3.04. The number of piperazine rings is 1. The van der Waals surface area contributed by atoms with Gasteiger partial charge in [0.2, 0.25) is 0 Å². The Kier molecular flexibility index (Phi) is 4.66. The van der Waals surface area contributed by atoms with Crippen LogP contribution in [0.15, 0.2) is 24.3 Å². The summed E-state index contributed by atoms with van der Waals surface area (Å²) < 4.78 is 0. The van der Waals surface area contributed by atoms with E-state index in [0.717, 1.165) is 47.8 Å². The number of benzene rings is 1. The average molecular weight is 394 g/mol. The van der Waals surface area contributed by atoms with Crippen LogP contribution in [-0.2, 0) is 0 Å². The van der Waals surface area contributed by atoms with E-state index < -0.39 is 4.92 Å². The molecule has 2 aromatic heterocycles. The second-order valence-corrected chi connectivity index (χ2v) is 7.81. The molecule has 4 rings (SSSR count). The van der Waals surface area contributed by atoms with Crippen molar-refractivity contribution in [3.63, 3.8) is 0 Å². The number of anilines is 1. The summed E-state index contributed by atoms with van der Waals surface area (Å²) in [5.74, 6) is 1.35. The van der Waals surface area contributed by atoms with E-state index in [-0.39, 0.29) is 5.69 Å². The van der Waals surface area contributed by atoms with Gasteiger partial charge in [0.1, 0.15) is 21.6 Å². The third-order valence-corrected chi connectivity index (χ3v) is 6.10. The van der Waals surface area contributed by atoms with E-state index >= 15 is 0 Å². The zero-order chi connectivity index (χ0) is 19.8. The highest BCUT2D eigenvalue weighted by Crippen LogP contribution is 2.37. The Morgan fingerprint density at radius 1 is 1.18 bits per heavy atom. The molecule has 3 heterocycles. The number of fused-ring (bicyclic) bond motifs is 1. The van der Waals surface area contributed by atoms with Crippen LogP contribution in [0, 0.1) is 28.4 Å².